The summed E-state index contributed by atoms with van der Waals surface area (Å²) in [5.74, 6) is 0.675. The van der Waals surface area contributed by atoms with Crippen LogP contribution in [0.3, 0.4) is 0 Å². The van der Waals surface area contributed by atoms with Gasteiger partial charge in [0, 0.05) is 20.1 Å². The first kappa shape index (κ1) is 18.7. The van der Waals surface area contributed by atoms with Crippen molar-refractivity contribution in [2.24, 2.45) is 4.99 Å². The van der Waals surface area contributed by atoms with Crippen molar-refractivity contribution in [2.75, 3.05) is 47.3 Å². The SMILES string of the molecule is CN=C(NCCCN(C)C)N1CC(C)OC(c2ccc(F)cc2)C1. The van der Waals surface area contributed by atoms with Crippen molar-refractivity contribution < 1.29 is 9.13 Å². The van der Waals surface area contributed by atoms with Gasteiger partial charge in [-0.3, -0.25) is 4.99 Å². The molecule has 2 atom stereocenters. The van der Waals surface area contributed by atoms with Gasteiger partial charge in [-0.2, -0.15) is 0 Å². The first-order valence-corrected chi connectivity index (χ1v) is 8.51. The number of halogens is 1. The minimum Gasteiger partial charge on any atom is -0.367 e. The fourth-order valence-electron chi connectivity index (χ4n) is 2.91. The molecular formula is C18H29FN4O. The molecule has 6 heteroatoms. The Morgan fingerprint density at radius 3 is 2.67 bits per heavy atom. The average Bonchev–Trinajstić information content (AvgIpc) is 2.54. The molecule has 1 heterocycles. The lowest BCUT2D eigenvalue weighted by molar-refractivity contribution is -0.0605. The smallest absolute Gasteiger partial charge is 0.193 e. The van der Waals surface area contributed by atoms with Gasteiger partial charge in [0.05, 0.1) is 12.6 Å². The van der Waals surface area contributed by atoms with E-state index in [4.69, 9.17) is 4.74 Å². The average molecular weight is 336 g/mol. The number of aliphatic imine (C=N–C) groups is 1. The topological polar surface area (TPSA) is 40.1 Å². The Morgan fingerprint density at radius 2 is 2.04 bits per heavy atom. The van der Waals surface area contributed by atoms with Crippen LogP contribution in [0.2, 0.25) is 0 Å². The maximum absolute atomic E-state index is 13.1. The molecule has 5 nitrogen and oxygen atoms in total. The summed E-state index contributed by atoms with van der Waals surface area (Å²) >= 11 is 0. The second-order valence-corrected chi connectivity index (χ2v) is 6.52. The summed E-state index contributed by atoms with van der Waals surface area (Å²) in [5.41, 5.74) is 0.996. The highest BCUT2D eigenvalue weighted by Crippen LogP contribution is 2.25. The van der Waals surface area contributed by atoms with E-state index in [0.29, 0.717) is 6.54 Å². The van der Waals surface area contributed by atoms with E-state index in [2.05, 4.69) is 41.1 Å². The summed E-state index contributed by atoms with van der Waals surface area (Å²) in [7, 11) is 5.96. The summed E-state index contributed by atoms with van der Waals surface area (Å²) < 4.78 is 19.2. The third-order valence-electron chi connectivity index (χ3n) is 4.08. The lowest BCUT2D eigenvalue weighted by atomic mass is 10.1. The van der Waals surface area contributed by atoms with Crippen LogP contribution in [0.4, 0.5) is 4.39 Å². The van der Waals surface area contributed by atoms with Crippen molar-refractivity contribution in [1.29, 1.82) is 0 Å². The number of morpholine rings is 1. The molecule has 24 heavy (non-hydrogen) atoms. The number of benzene rings is 1. The van der Waals surface area contributed by atoms with Crippen molar-refractivity contribution >= 4 is 5.96 Å². The van der Waals surface area contributed by atoms with Crippen molar-refractivity contribution in [3.05, 3.63) is 35.6 Å². The number of nitrogens with zero attached hydrogens (tertiary/aromatic N) is 3. The predicted octanol–water partition coefficient (Wildman–Crippen LogP) is 2.11. The molecule has 0 radical (unpaired) electrons. The van der Waals surface area contributed by atoms with E-state index in [1.165, 1.54) is 12.1 Å². The van der Waals surface area contributed by atoms with Crippen LogP contribution < -0.4 is 5.32 Å². The number of ether oxygens (including phenoxy) is 1. The van der Waals surface area contributed by atoms with Gasteiger partial charge in [0.25, 0.3) is 0 Å². The number of rotatable bonds is 5. The highest BCUT2D eigenvalue weighted by Gasteiger charge is 2.28. The van der Waals surface area contributed by atoms with Gasteiger partial charge in [-0.1, -0.05) is 12.1 Å². The van der Waals surface area contributed by atoms with E-state index in [1.54, 1.807) is 19.2 Å². The van der Waals surface area contributed by atoms with E-state index in [1.807, 2.05) is 0 Å². The van der Waals surface area contributed by atoms with Crippen LogP contribution in [0.1, 0.15) is 25.0 Å². The van der Waals surface area contributed by atoms with Crippen LogP contribution in [-0.4, -0.2) is 69.2 Å². The molecule has 2 rings (SSSR count). The third-order valence-corrected chi connectivity index (χ3v) is 4.08. The molecule has 0 bridgehead atoms. The van der Waals surface area contributed by atoms with Gasteiger partial charge in [-0.25, -0.2) is 4.39 Å². The lowest BCUT2D eigenvalue weighted by Gasteiger charge is -2.38. The fourth-order valence-corrected chi connectivity index (χ4v) is 2.91. The van der Waals surface area contributed by atoms with Crippen LogP contribution in [0.5, 0.6) is 0 Å². The van der Waals surface area contributed by atoms with Gasteiger partial charge in [0.15, 0.2) is 5.96 Å². The van der Waals surface area contributed by atoms with E-state index < -0.39 is 0 Å². The molecular weight excluding hydrogens is 307 g/mol. The quantitative estimate of drug-likeness (QED) is 0.508. The molecule has 0 amide bonds. The Kier molecular flexibility index (Phi) is 6.99. The number of hydrogen-bond acceptors (Lipinski definition) is 3. The molecule has 0 saturated carbocycles. The normalized spacial score (nSPS) is 22.1. The van der Waals surface area contributed by atoms with Crippen LogP contribution >= 0.6 is 0 Å². The first-order valence-electron chi connectivity index (χ1n) is 8.51. The Morgan fingerprint density at radius 1 is 1.33 bits per heavy atom. The molecule has 1 aliphatic heterocycles. The van der Waals surface area contributed by atoms with Crippen LogP contribution in [0.15, 0.2) is 29.3 Å². The molecule has 2 unspecified atom stereocenters. The van der Waals surface area contributed by atoms with Gasteiger partial charge in [-0.05, 0) is 51.7 Å². The van der Waals surface area contributed by atoms with Gasteiger partial charge < -0.3 is 19.9 Å². The maximum Gasteiger partial charge on any atom is 0.193 e. The molecule has 1 N–H and O–H groups in total. The zero-order chi connectivity index (χ0) is 17.5. The summed E-state index contributed by atoms with van der Waals surface area (Å²) in [6.45, 7) is 5.50. The standard InChI is InChI=1S/C18H29FN4O/c1-14-12-23(18(20-2)21-10-5-11-22(3)4)13-17(24-14)15-6-8-16(19)9-7-15/h6-9,14,17H,5,10-13H2,1-4H3,(H,20,21). The molecule has 0 aromatic heterocycles. The largest absolute Gasteiger partial charge is 0.367 e. The lowest BCUT2D eigenvalue weighted by Crippen LogP contribution is -2.51. The minimum absolute atomic E-state index is 0.0744. The van der Waals surface area contributed by atoms with Gasteiger partial charge in [0.1, 0.15) is 11.9 Å². The van der Waals surface area contributed by atoms with Crippen molar-refractivity contribution in [2.45, 2.75) is 25.6 Å². The number of hydrogen-bond donors (Lipinski definition) is 1. The second-order valence-electron chi connectivity index (χ2n) is 6.52. The second kappa shape index (κ2) is 8.99. The summed E-state index contributed by atoms with van der Waals surface area (Å²) in [6, 6.07) is 6.56. The zero-order valence-corrected chi connectivity index (χ0v) is 15.1. The van der Waals surface area contributed by atoms with Crippen molar-refractivity contribution in [3.63, 3.8) is 0 Å². The maximum atomic E-state index is 13.1. The Hall–Kier alpha value is -1.66. The van der Waals surface area contributed by atoms with Crippen LogP contribution in [0.25, 0.3) is 0 Å². The molecule has 1 aromatic carbocycles. The molecule has 0 aliphatic carbocycles. The molecule has 1 aromatic rings. The summed E-state index contributed by atoms with van der Waals surface area (Å²) in [5, 5.41) is 3.43. The monoisotopic (exact) mass is 336 g/mol. The van der Waals surface area contributed by atoms with E-state index in [9.17, 15) is 4.39 Å². The number of guanidine groups is 1. The van der Waals surface area contributed by atoms with E-state index in [-0.39, 0.29) is 18.0 Å². The molecule has 1 fully saturated rings. The number of nitrogens with one attached hydrogen (secondary N) is 1. The zero-order valence-electron chi connectivity index (χ0n) is 15.1. The predicted molar refractivity (Wildman–Crippen MR) is 95.8 cm³/mol. The molecule has 0 spiro atoms. The highest BCUT2D eigenvalue weighted by molar-refractivity contribution is 5.80. The highest BCUT2D eigenvalue weighted by atomic mass is 19.1. The van der Waals surface area contributed by atoms with Crippen molar-refractivity contribution in [1.82, 2.24) is 15.1 Å². The minimum atomic E-state index is -0.224. The summed E-state index contributed by atoms with van der Waals surface area (Å²) in [4.78, 5) is 8.80. The Labute approximate surface area is 144 Å². The molecule has 1 aliphatic rings. The summed E-state index contributed by atoms with van der Waals surface area (Å²) in [6.07, 6.45) is 1.08. The van der Waals surface area contributed by atoms with Gasteiger partial charge >= 0.3 is 0 Å². The van der Waals surface area contributed by atoms with Gasteiger partial charge in [-0.15, -0.1) is 0 Å². The van der Waals surface area contributed by atoms with E-state index >= 15 is 0 Å². The molecule has 134 valence electrons. The van der Waals surface area contributed by atoms with E-state index in [0.717, 1.165) is 37.6 Å². The van der Waals surface area contributed by atoms with Crippen molar-refractivity contribution in [3.8, 4) is 0 Å². The Bertz CT molecular complexity index is 532. The third kappa shape index (κ3) is 5.46. The van der Waals surface area contributed by atoms with Crippen LogP contribution in [-0.2, 0) is 4.74 Å². The fraction of sp³-hybridized carbons (Fsp3) is 0.611. The molecule has 1 saturated heterocycles. The Balaban J connectivity index is 1.96. The van der Waals surface area contributed by atoms with Gasteiger partial charge in [0.2, 0.25) is 0 Å². The first-order chi connectivity index (χ1) is 11.5. The van der Waals surface area contributed by atoms with Crippen LogP contribution in [0, 0.1) is 5.82 Å².